The molecule has 1 heterocycles. The Morgan fingerprint density at radius 1 is 1.39 bits per heavy atom. The van der Waals surface area contributed by atoms with E-state index in [0.29, 0.717) is 17.1 Å². The maximum Gasteiger partial charge on any atom is 0.131 e. The van der Waals surface area contributed by atoms with Gasteiger partial charge in [0, 0.05) is 19.0 Å². The largest absolute Gasteiger partial charge is 0.383 e. The first-order valence-corrected chi connectivity index (χ1v) is 6.12. The molecule has 2 rings (SSSR count). The average Bonchev–Trinajstić information content (AvgIpc) is 2.62. The minimum atomic E-state index is -0.227. The summed E-state index contributed by atoms with van der Waals surface area (Å²) in [5.74, 6) is 1.29. The zero-order valence-electron chi connectivity index (χ0n) is 11.0. The SMILES string of the molecule is CCCc1nc(-c2ccc(C)c(F)c2)c(N)n1C. The molecule has 2 N–H and O–H groups in total. The number of aromatic nitrogens is 2. The lowest BCUT2D eigenvalue weighted by molar-refractivity contribution is 0.619. The Labute approximate surface area is 106 Å². The summed E-state index contributed by atoms with van der Waals surface area (Å²) in [5.41, 5.74) is 8.06. The van der Waals surface area contributed by atoms with Crippen molar-refractivity contribution in [1.82, 2.24) is 9.55 Å². The Morgan fingerprint density at radius 2 is 2.11 bits per heavy atom. The van der Waals surface area contributed by atoms with E-state index in [0.717, 1.165) is 24.2 Å². The van der Waals surface area contributed by atoms with Crippen LogP contribution in [-0.4, -0.2) is 9.55 Å². The lowest BCUT2D eigenvalue weighted by atomic mass is 10.1. The van der Waals surface area contributed by atoms with Crippen LogP contribution in [-0.2, 0) is 13.5 Å². The van der Waals surface area contributed by atoms with E-state index in [-0.39, 0.29) is 5.82 Å². The van der Waals surface area contributed by atoms with Gasteiger partial charge >= 0.3 is 0 Å². The third-order valence-corrected chi connectivity index (χ3v) is 3.15. The van der Waals surface area contributed by atoms with Crippen molar-refractivity contribution in [3.05, 3.63) is 35.4 Å². The molecule has 2 aromatic rings. The molecule has 18 heavy (non-hydrogen) atoms. The summed E-state index contributed by atoms with van der Waals surface area (Å²) in [6, 6.07) is 5.09. The van der Waals surface area contributed by atoms with Crippen molar-refractivity contribution in [2.75, 3.05) is 5.73 Å². The number of aryl methyl sites for hydroxylation is 2. The van der Waals surface area contributed by atoms with Crippen molar-refractivity contribution < 1.29 is 4.39 Å². The molecule has 0 radical (unpaired) electrons. The van der Waals surface area contributed by atoms with E-state index in [1.54, 1.807) is 13.0 Å². The lowest BCUT2D eigenvalue weighted by Crippen LogP contribution is -2.01. The number of hydrogen-bond acceptors (Lipinski definition) is 2. The zero-order chi connectivity index (χ0) is 13.3. The average molecular weight is 247 g/mol. The second-order valence-electron chi connectivity index (χ2n) is 4.53. The van der Waals surface area contributed by atoms with E-state index in [1.807, 2.05) is 17.7 Å². The highest BCUT2D eigenvalue weighted by Gasteiger charge is 2.14. The number of rotatable bonds is 3. The molecule has 3 nitrogen and oxygen atoms in total. The van der Waals surface area contributed by atoms with Crippen LogP contribution in [0.5, 0.6) is 0 Å². The summed E-state index contributed by atoms with van der Waals surface area (Å²) in [7, 11) is 1.89. The molecule has 0 saturated heterocycles. The number of hydrogen-bond donors (Lipinski definition) is 1. The van der Waals surface area contributed by atoms with Gasteiger partial charge in [-0.1, -0.05) is 19.1 Å². The first-order chi connectivity index (χ1) is 8.54. The summed E-state index contributed by atoms with van der Waals surface area (Å²) in [6.45, 7) is 3.83. The molecule has 0 fully saturated rings. The number of benzene rings is 1. The Morgan fingerprint density at radius 3 is 2.72 bits per heavy atom. The lowest BCUT2D eigenvalue weighted by Gasteiger charge is -2.02. The van der Waals surface area contributed by atoms with Crippen molar-refractivity contribution in [2.45, 2.75) is 26.7 Å². The molecule has 96 valence electrons. The second kappa shape index (κ2) is 4.80. The Hall–Kier alpha value is -1.84. The van der Waals surface area contributed by atoms with Crippen molar-refractivity contribution >= 4 is 5.82 Å². The van der Waals surface area contributed by atoms with Crippen LogP contribution >= 0.6 is 0 Å². The third kappa shape index (κ3) is 2.10. The minimum Gasteiger partial charge on any atom is -0.383 e. The molecule has 0 saturated carbocycles. The summed E-state index contributed by atoms with van der Waals surface area (Å²) in [4.78, 5) is 4.51. The quantitative estimate of drug-likeness (QED) is 0.905. The molecule has 4 heteroatoms. The molecule has 0 bridgehead atoms. The number of nitrogens with two attached hydrogens (primary N) is 1. The Balaban J connectivity index is 2.50. The van der Waals surface area contributed by atoms with E-state index in [4.69, 9.17) is 5.73 Å². The van der Waals surface area contributed by atoms with Gasteiger partial charge in [0.15, 0.2) is 0 Å². The maximum absolute atomic E-state index is 13.6. The van der Waals surface area contributed by atoms with E-state index in [1.165, 1.54) is 6.07 Å². The molecule has 1 aromatic carbocycles. The molecular formula is C14H18FN3. The maximum atomic E-state index is 13.6. The van der Waals surface area contributed by atoms with Crippen LogP contribution in [0.25, 0.3) is 11.3 Å². The van der Waals surface area contributed by atoms with Crippen LogP contribution in [0.2, 0.25) is 0 Å². The number of imidazole rings is 1. The van der Waals surface area contributed by atoms with E-state index in [9.17, 15) is 4.39 Å². The molecule has 0 aliphatic carbocycles. The van der Waals surface area contributed by atoms with Crippen LogP contribution in [0.4, 0.5) is 10.2 Å². The number of nitrogens with zero attached hydrogens (tertiary/aromatic N) is 2. The number of anilines is 1. The Kier molecular flexibility index (Phi) is 3.36. The topological polar surface area (TPSA) is 43.8 Å². The predicted octanol–water partition coefficient (Wildman–Crippen LogP) is 3.07. The van der Waals surface area contributed by atoms with Crippen LogP contribution in [0.1, 0.15) is 24.7 Å². The monoisotopic (exact) mass is 247 g/mol. The molecule has 1 aromatic heterocycles. The fourth-order valence-electron chi connectivity index (χ4n) is 1.96. The molecule has 0 atom stereocenters. The van der Waals surface area contributed by atoms with Gasteiger partial charge in [0.2, 0.25) is 0 Å². The summed E-state index contributed by atoms with van der Waals surface area (Å²) in [5, 5.41) is 0. The minimum absolute atomic E-state index is 0.227. The molecule has 0 unspecified atom stereocenters. The van der Waals surface area contributed by atoms with E-state index < -0.39 is 0 Å². The van der Waals surface area contributed by atoms with Crippen LogP contribution in [0.3, 0.4) is 0 Å². The van der Waals surface area contributed by atoms with Gasteiger partial charge in [-0.25, -0.2) is 9.37 Å². The molecule has 0 spiro atoms. The van der Waals surface area contributed by atoms with Gasteiger partial charge in [-0.3, -0.25) is 0 Å². The normalized spacial score (nSPS) is 10.9. The van der Waals surface area contributed by atoms with Gasteiger partial charge in [0.1, 0.15) is 23.2 Å². The predicted molar refractivity (Wildman–Crippen MR) is 71.7 cm³/mol. The van der Waals surface area contributed by atoms with Gasteiger partial charge in [-0.2, -0.15) is 0 Å². The van der Waals surface area contributed by atoms with Gasteiger partial charge in [-0.15, -0.1) is 0 Å². The van der Waals surface area contributed by atoms with Gasteiger partial charge < -0.3 is 10.3 Å². The highest BCUT2D eigenvalue weighted by atomic mass is 19.1. The number of nitrogen functional groups attached to an aromatic ring is 1. The summed E-state index contributed by atoms with van der Waals surface area (Å²) >= 11 is 0. The third-order valence-electron chi connectivity index (χ3n) is 3.15. The Bertz CT molecular complexity index is 573. The van der Waals surface area contributed by atoms with E-state index >= 15 is 0 Å². The highest BCUT2D eigenvalue weighted by molar-refractivity contribution is 5.71. The molecule has 0 aliphatic heterocycles. The molecule has 0 aliphatic rings. The molecular weight excluding hydrogens is 229 g/mol. The summed E-state index contributed by atoms with van der Waals surface area (Å²) in [6.07, 6.45) is 1.88. The standard InChI is InChI=1S/C14H18FN3/c1-4-5-12-17-13(14(16)18(12)3)10-7-6-9(2)11(15)8-10/h6-8H,4-5,16H2,1-3H3. The summed E-state index contributed by atoms with van der Waals surface area (Å²) < 4.78 is 15.4. The van der Waals surface area contributed by atoms with Crippen molar-refractivity contribution in [2.24, 2.45) is 7.05 Å². The van der Waals surface area contributed by atoms with Crippen LogP contribution < -0.4 is 5.73 Å². The van der Waals surface area contributed by atoms with Crippen molar-refractivity contribution in [1.29, 1.82) is 0 Å². The van der Waals surface area contributed by atoms with Crippen LogP contribution in [0, 0.1) is 12.7 Å². The number of halogens is 1. The first-order valence-electron chi connectivity index (χ1n) is 6.12. The fraction of sp³-hybridized carbons (Fsp3) is 0.357. The zero-order valence-corrected chi connectivity index (χ0v) is 11.0. The van der Waals surface area contributed by atoms with Crippen molar-refractivity contribution in [3.63, 3.8) is 0 Å². The van der Waals surface area contributed by atoms with Crippen LogP contribution in [0.15, 0.2) is 18.2 Å². The van der Waals surface area contributed by atoms with E-state index in [2.05, 4.69) is 11.9 Å². The fourth-order valence-corrected chi connectivity index (χ4v) is 1.96. The van der Waals surface area contributed by atoms with Crippen molar-refractivity contribution in [3.8, 4) is 11.3 Å². The van der Waals surface area contributed by atoms with Gasteiger partial charge in [-0.05, 0) is 25.0 Å². The van der Waals surface area contributed by atoms with Gasteiger partial charge in [0.05, 0.1) is 0 Å². The smallest absolute Gasteiger partial charge is 0.131 e. The van der Waals surface area contributed by atoms with Gasteiger partial charge in [0.25, 0.3) is 0 Å². The molecule has 0 amide bonds. The second-order valence-corrected chi connectivity index (χ2v) is 4.53. The first kappa shape index (κ1) is 12.6. The highest BCUT2D eigenvalue weighted by Crippen LogP contribution is 2.27.